The van der Waals surface area contributed by atoms with Crippen molar-refractivity contribution >= 4 is 32.3 Å². The van der Waals surface area contributed by atoms with Gasteiger partial charge >= 0.3 is 0 Å². The molecule has 130 valence electrons. The highest BCUT2D eigenvalue weighted by Gasteiger charge is 2.12. The molecule has 0 aliphatic rings. The largest absolute Gasteiger partial charge is 0.744 e. The maximum Gasteiger partial charge on any atom is 0.124 e. The topological polar surface area (TPSA) is 69.2 Å². The molecule has 0 amide bonds. The summed E-state index contributed by atoms with van der Waals surface area (Å²) in [5.74, 6) is 0. The number of hydrogen-bond donors (Lipinski definition) is 1. The average molecular weight is 354 g/mol. The number of rotatable bonds is 3. The Labute approximate surface area is 148 Å². The van der Waals surface area contributed by atoms with E-state index in [9.17, 15) is 13.0 Å². The zero-order valence-corrected chi connectivity index (χ0v) is 15.2. The van der Waals surface area contributed by atoms with E-state index in [4.69, 9.17) is 0 Å². The van der Waals surface area contributed by atoms with Gasteiger partial charge in [0.25, 0.3) is 0 Å². The van der Waals surface area contributed by atoms with Gasteiger partial charge in [-0.25, -0.2) is 8.42 Å². The molecular weight excluding hydrogens is 334 g/mol. The number of benzene rings is 3. The van der Waals surface area contributed by atoms with E-state index in [1.165, 1.54) is 17.7 Å². The van der Waals surface area contributed by atoms with Crippen molar-refractivity contribution in [3.8, 4) is 0 Å². The van der Waals surface area contributed by atoms with Crippen LogP contribution in [0.2, 0.25) is 0 Å². The molecule has 0 radical (unpaired) electrons. The fraction of sp³-hybridized carbons (Fsp3) is 0.200. The lowest BCUT2D eigenvalue weighted by Gasteiger charge is -2.19. The molecule has 0 fully saturated rings. The third-order valence-corrected chi connectivity index (χ3v) is 4.97. The first kappa shape index (κ1) is 17.5. The summed E-state index contributed by atoms with van der Waals surface area (Å²) in [5, 5.41) is 4.92. The molecule has 3 aromatic carbocycles. The van der Waals surface area contributed by atoms with E-state index in [1.54, 1.807) is 12.1 Å². The number of fused-ring (bicyclic) bond motifs is 1. The van der Waals surface area contributed by atoms with Crippen molar-refractivity contribution in [3.63, 3.8) is 0 Å². The monoisotopic (exact) mass is 354 g/mol. The molecule has 0 aliphatic heterocycles. The molecule has 0 aromatic heterocycles. The van der Waals surface area contributed by atoms with Gasteiger partial charge in [0.05, 0.1) is 4.90 Å². The van der Waals surface area contributed by atoms with Gasteiger partial charge in [-0.05, 0) is 58.1 Å². The van der Waals surface area contributed by atoms with Gasteiger partial charge in [0.15, 0.2) is 0 Å². The van der Waals surface area contributed by atoms with Crippen LogP contribution >= 0.6 is 0 Å². The first-order chi connectivity index (χ1) is 11.6. The molecular formula is C20H20NO3S-. The fourth-order valence-corrected chi connectivity index (χ4v) is 3.18. The second-order valence-electron chi connectivity index (χ2n) is 7.13. The van der Waals surface area contributed by atoms with Crippen LogP contribution in [0.3, 0.4) is 0 Å². The number of nitrogens with one attached hydrogen (secondary N) is 1. The summed E-state index contributed by atoms with van der Waals surface area (Å²) in [7, 11) is -4.43. The third-order valence-electron chi connectivity index (χ3n) is 4.14. The number of anilines is 2. The maximum absolute atomic E-state index is 11.1. The molecule has 0 saturated carbocycles. The molecule has 3 rings (SSSR count). The van der Waals surface area contributed by atoms with Gasteiger partial charge in [0.1, 0.15) is 10.1 Å². The van der Waals surface area contributed by atoms with Crippen molar-refractivity contribution in [2.24, 2.45) is 0 Å². The minimum atomic E-state index is -4.43. The molecule has 0 bridgehead atoms. The Balaban J connectivity index is 1.87. The second kappa shape index (κ2) is 6.17. The van der Waals surface area contributed by atoms with Crippen LogP contribution in [0, 0.1) is 0 Å². The molecule has 1 N–H and O–H groups in total. The lowest BCUT2D eigenvalue weighted by Crippen LogP contribution is -2.10. The molecule has 0 aliphatic carbocycles. The van der Waals surface area contributed by atoms with Gasteiger partial charge in [-0.3, -0.25) is 0 Å². The van der Waals surface area contributed by atoms with E-state index >= 15 is 0 Å². The van der Waals surface area contributed by atoms with Crippen LogP contribution in [0.5, 0.6) is 0 Å². The van der Waals surface area contributed by atoms with Gasteiger partial charge in [0, 0.05) is 11.4 Å². The van der Waals surface area contributed by atoms with Crippen LogP contribution in [0.25, 0.3) is 10.8 Å². The third kappa shape index (κ3) is 4.00. The molecule has 5 heteroatoms. The molecule has 0 unspecified atom stereocenters. The zero-order valence-electron chi connectivity index (χ0n) is 14.4. The highest BCUT2D eigenvalue weighted by molar-refractivity contribution is 7.85. The van der Waals surface area contributed by atoms with Crippen LogP contribution in [-0.2, 0) is 15.5 Å². The Kier molecular flexibility index (Phi) is 4.31. The highest BCUT2D eigenvalue weighted by Crippen LogP contribution is 2.27. The van der Waals surface area contributed by atoms with E-state index < -0.39 is 10.1 Å². The molecule has 0 atom stereocenters. The average Bonchev–Trinajstić information content (AvgIpc) is 2.53. The van der Waals surface area contributed by atoms with E-state index in [0.29, 0.717) is 5.39 Å². The van der Waals surface area contributed by atoms with E-state index in [1.807, 2.05) is 24.3 Å². The smallest absolute Gasteiger partial charge is 0.124 e. The minimum absolute atomic E-state index is 0.112. The molecule has 4 nitrogen and oxygen atoms in total. The van der Waals surface area contributed by atoms with Gasteiger partial charge in [-0.2, -0.15) is 0 Å². The summed E-state index contributed by atoms with van der Waals surface area (Å²) in [4.78, 5) is -0.210. The van der Waals surface area contributed by atoms with Crippen molar-refractivity contribution in [2.75, 3.05) is 5.32 Å². The molecule has 0 heterocycles. The first-order valence-electron chi connectivity index (χ1n) is 8.00. The Morgan fingerprint density at radius 2 is 1.36 bits per heavy atom. The van der Waals surface area contributed by atoms with Crippen LogP contribution in [0.1, 0.15) is 26.3 Å². The lowest BCUT2D eigenvalue weighted by molar-refractivity contribution is 0.463. The standard InChI is InChI=1S/C20H21NO3S/c1-20(2,3)16-6-9-17(10-7-16)21-18-8-4-15-13-19(25(22,23)24)11-5-14(15)12-18/h4-13,21H,1-3H3,(H,22,23,24)/p-1. The summed E-state index contributed by atoms with van der Waals surface area (Å²) in [5.41, 5.74) is 3.25. The SMILES string of the molecule is CC(C)(C)c1ccc(Nc2ccc3cc(S(=O)(=O)[O-])ccc3c2)cc1. The van der Waals surface area contributed by atoms with Crippen molar-refractivity contribution in [3.05, 3.63) is 66.2 Å². The summed E-state index contributed by atoms with van der Waals surface area (Å²) < 4.78 is 33.3. The van der Waals surface area contributed by atoms with Gasteiger partial charge in [-0.15, -0.1) is 0 Å². The van der Waals surface area contributed by atoms with E-state index in [-0.39, 0.29) is 10.3 Å². The van der Waals surface area contributed by atoms with Crippen LogP contribution in [0.15, 0.2) is 65.6 Å². The molecule has 0 spiro atoms. The van der Waals surface area contributed by atoms with Gasteiger partial charge in [-0.1, -0.05) is 45.0 Å². The summed E-state index contributed by atoms with van der Waals surface area (Å²) in [6, 6.07) is 18.3. The van der Waals surface area contributed by atoms with Gasteiger partial charge < -0.3 is 9.87 Å². The normalized spacial score (nSPS) is 12.3. The highest BCUT2D eigenvalue weighted by atomic mass is 32.2. The van der Waals surface area contributed by atoms with Crippen molar-refractivity contribution in [1.82, 2.24) is 0 Å². The minimum Gasteiger partial charge on any atom is -0.744 e. The number of hydrogen-bond acceptors (Lipinski definition) is 4. The van der Waals surface area contributed by atoms with Crippen LogP contribution in [-0.4, -0.2) is 13.0 Å². The van der Waals surface area contributed by atoms with Crippen LogP contribution < -0.4 is 5.32 Å². The second-order valence-corrected chi connectivity index (χ2v) is 8.51. The fourth-order valence-electron chi connectivity index (χ4n) is 2.68. The lowest BCUT2D eigenvalue weighted by atomic mass is 9.87. The van der Waals surface area contributed by atoms with Crippen LogP contribution in [0.4, 0.5) is 11.4 Å². The molecule has 3 aromatic rings. The Bertz CT molecular complexity index is 1020. The predicted octanol–water partition coefficient (Wildman–Crippen LogP) is 4.79. The Hall–Kier alpha value is -2.37. The summed E-state index contributed by atoms with van der Waals surface area (Å²) >= 11 is 0. The first-order valence-corrected chi connectivity index (χ1v) is 9.41. The van der Waals surface area contributed by atoms with Gasteiger partial charge in [0.2, 0.25) is 0 Å². The molecule has 25 heavy (non-hydrogen) atoms. The summed E-state index contributed by atoms with van der Waals surface area (Å²) in [6.07, 6.45) is 0. The summed E-state index contributed by atoms with van der Waals surface area (Å²) in [6.45, 7) is 6.53. The van der Waals surface area contributed by atoms with E-state index in [2.05, 4.69) is 38.2 Å². The quantitative estimate of drug-likeness (QED) is 0.687. The Morgan fingerprint density at radius 3 is 1.96 bits per heavy atom. The zero-order chi connectivity index (χ0) is 18.2. The van der Waals surface area contributed by atoms with Crippen molar-refractivity contribution in [1.29, 1.82) is 0 Å². The maximum atomic E-state index is 11.1. The molecule has 0 saturated heterocycles. The van der Waals surface area contributed by atoms with Crippen molar-refractivity contribution < 1.29 is 13.0 Å². The van der Waals surface area contributed by atoms with Crippen molar-refractivity contribution in [2.45, 2.75) is 31.1 Å². The Morgan fingerprint density at radius 1 is 0.800 bits per heavy atom. The predicted molar refractivity (Wildman–Crippen MR) is 100 cm³/mol. The van der Waals surface area contributed by atoms with E-state index in [0.717, 1.165) is 16.8 Å².